The van der Waals surface area contributed by atoms with Crippen LogP contribution in [0, 0.1) is 0 Å². The summed E-state index contributed by atoms with van der Waals surface area (Å²) in [7, 11) is 0. The van der Waals surface area contributed by atoms with Gasteiger partial charge < -0.3 is 4.74 Å². The van der Waals surface area contributed by atoms with Crippen molar-refractivity contribution in [2.75, 3.05) is 6.61 Å². The molecule has 0 aromatic carbocycles. The topological polar surface area (TPSA) is 26.3 Å². The second kappa shape index (κ2) is 5.60. The second-order valence-corrected chi connectivity index (χ2v) is 4.23. The Kier molecular flexibility index (Phi) is 4.40. The predicted molar refractivity (Wildman–Crippen MR) is 58.4 cm³/mol. The molecular weight excluding hydrogens is 196 g/mol. The van der Waals surface area contributed by atoms with E-state index in [4.69, 9.17) is 4.74 Å². The third-order valence-electron chi connectivity index (χ3n) is 1.64. The van der Waals surface area contributed by atoms with Crippen LogP contribution in [-0.4, -0.2) is 12.6 Å². The van der Waals surface area contributed by atoms with Crippen LogP contribution in [0.25, 0.3) is 0 Å². The maximum absolute atomic E-state index is 11.2. The minimum Gasteiger partial charge on any atom is -0.461 e. The predicted octanol–water partition coefficient (Wildman–Crippen LogP) is 2.80. The quantitative estimate of drug-likeness (QED) is 0.552. The Morgan fingerprint density at radius 2 is 2.43 bits per heavy atom. The van der Waals surface area contributed by atoms with Crippen molar-refractivity contribution in [2.24, 2.45) is 0 Å². The number of thiophene rings is 1. The maximum Gasteiger partial charge on any atom is 0.306 e. The average Bonchev–Trinajstić information content (AvgIpc) is 2.63. The molecule has 0 spiro atoms. The van der Waals surface area contributed by atoms with Crippen LogP contribution in [0.1, 0.15) is 18.2 Å². The van der Waals surface area contributed by atoms with E-state index in [1.54, 1.807) is 11.3 Å². The number of ether oxygens (including phenoxy) is 1. The van der Waals surface area contributed by atoms with E-state index in [2.05, 4.69) is 6.58 Å². The summed E-state index contributed by atoms with van der Waals surface area (Å²) in [5.74, 6) is -0.151. The van der Waals surface area contributed by atoms with Gasteiger partial charge in [0.05, 0.1) is 6.42 Å². The lowest BCUT2D eigenvalue weighted by Crippen LogP contribution is -2.06. The van der Waals surface area contributed by atoms with Gasteiger partial charge in [0.15, 0.2) is 0 Å². The summed E-state index contributed by atoms with van der Waals surface area (Å²) in [4.78, 5) is 12.4. The Morgan fingerprint density at radius 3 is 3.00 bits per heavy atom. The monoisotopic (exact) mass is 210 g/mol. The Morgan fingerprint density at radius 1 is 1.64 bits per heavy atom. The van der Waals surface area contributed by atoms with Crippen molar-refractivity contribution in [1.82, 2.24) is 0 Å². The molecule has 0 unspecified atom stereocenters. The van der Waals surface area contributed by atoms with Crippen LogP contribution in [0.2, 0.25) is 0 Å². The number of rotatable bonds is 5. The second-order valence-electron chi connectivity index (χ2n) is 3.20. The lowest BCUT2D eigenvalue weighted by molar-refractivity contribution is -0.142. The molecule has 0 bridgehead atoms. The summed E-state index contributed by atoms with van der Waals surface area (Å²) in [6, 6.07) is 4.01. The molecule has 1 rings (SSSR count). The van der Waals surface area contributed by atoms with Gasteiger partial charge in [-0.15, -0.1) is 11.3 Å². The van der Waals surface area contributed by atoms with Crippen LogP contribution in [0.3, 0.4) is 0 Å². The van der Waals surface area contributed by atoms with Crippen LogP contribution in [0.4, 0.5) is 0 Å². The Balaban J connectivity index is 2.18. The minimum atomic E-state index is -0.151. The fourth-order valence-corrected chi connectivity index (χ4v) is 1.66. The normalized spacial score (nSPS) is 9.79. The first-order valence-corrected chi connectivity index (χ1v) is 5.39. The van der Waals surface area contributed by atoms with Crippen molar-refractivity contribution in [3.05, 3.63) is 34.5 Å². The summed E-state index contributed by atoms with van der Waals surface area (Å²) < 4.78 is 4.97. The molecule has 14 heavy (non-hydrogen) atoms. The lowest BCUT2D eigenvalue weighted by Gasteiger charge is -2.02. The fraction of sp³-hybridized carbons (Fsp3) is 0.364. The highest BCUT2D eigenvalue weighted by molar-refractivity contribution is 7.09. The molecule has 0 atom stereocenters. The zero-order valence-corrected chi connectivity index (χ0v) is 9.10. The largest absolute Gasteiger partial charge is 0.461 e. The van der Waals surface area contributed by atoms with Gasteiger partial charge in [-0.3, -0.25) is 4.79 Å². The van der Waals surface area contributed by atoms with Crippen LogP contribution in [0.15, 0.2) is 29.7 Å². The van der Waals surface area contributed by atoms with Crippen LogP contribution in [0.5, 0.6) is 0 Å². The first kappa shape index (κ1) is 11.0. The molecule has 3 heteroatoms. The maximum atomic E-state index is 11.2. The molecule has 0 aliphatic rings. The number of carbonyl (C=O) groups excluding carboxylic acids is 1. The molecule has 0 aliphatic heterocycles. The Hall–Kier alpha value is -1.09. The van der Waals surface area contributed by atoms with Gasteiger partial charge in [-0.05, 0) is 30.4 Å². The van der Waals surface area contributed by atoms with Crippen molar-refractivity contribution in [1.29, 1.82) is 0 Å². The standard InChI is InChI=1S/C11H14O2S/c1-9(2)8-13-11(12)6-5-10-4-3-7-14-10/h3-4,7H,1,5-6,8H2,2H3. The number of aryl methyl sites for hydroxylation is 1. The van der Waals surface area contributed by atoms with E-state index in [1.807, 2.05) is 24.4 Å². The van der Waals surface area contributed by atoms with Crippen molar-refractivity contribution in [3.63, 3.8) is 0 Å². The van der Waals surface area contributed by atoms with Crippen molar-refractivity contribution >= 4 is 17.3 Å². The first-order chi connectivity index (χ1) is 6.68. The SMILES string of the molecule is C=C(C)COC(=O)CCc1cccs1. The molecular formula is C11H14O2S. The molecule has 1 heterocycles. The third kappa shape index (κ3) is 4.23. The average molecular weight is 210 g/mol. The summed E-state index contributed by atoms with van der Waals surface area (Å²) in [6.07, 6.45) is 1.22. The molecule has 0 aliphatic carbocycles. The smallest absolute Gasteiger partial charge is 0.306 e. The molecule has 0 N–H and O–H groups in total. The van der Waals surface area contributed by atoms with Crippen LogP contribution < -0.4 is 0 Å². The number of hydrogen-bond donors (Lipinski definition) is 0. The molecule has 2 nitrogen and oxygen atoms in total. The molecule has 76 valence electrons. The number of esters is 1. The van der Waals surface area contributed by atoms with E-state index in [9.17, 15) is 4.79 Å². The van der Waals surface area contributed by atoms with Gasteiger partial charge in [-0.1, -0.05) is 12.6 Å². The van der Waals surface area contributed by atoms with Gasteiger partial charge in [-0.25, -0.2) is 0 Å². The van der Waals surface area contributed by atoms with Gasteiger partial charge in [-0.2, -0.15) is 0 Å². The van der Waals surface area contributed by atoms with E-state index < -0.39 is 0 Å². The summed E-state index contributed by atoms with van der Waals surface area (Å²) in [6.45, 7) is 5.84. The van der Waals surface area contributed by atoms with Gasteiger partial charge in [0.1, 0.15) is 6.61 Å². The Labute approximate surface area is 88.2 Å². The van der Waals surface area contributed by atoms with Crippen molar-refractivity contribution < 1.29 is 9.53 Å². The molecule has 0 saturated heterocycles. The first-order valence-electron chi connectivity index (χ1n) is 4.51. The van der Waals surface area contributed by atoms with E-state index in [-0.39, 0.29) is 5.97 Å². The highest BCUT2D eigenvalue weighted by Crippen LogP contribution is 2.11. The molecule has 1 aromatic heterocycles. The van der Waals surface area contributed by atoms with Crippen LogP contribution in [-0.2, 0) is 16.0 Å². The minimum absolute atomic E-state index is 0.151. The Bertz CT molecular complexity index is 301. The number of carbonyl (C=O) groups is 1. The van der Waals surface area contributed by atoms with E-state index in [0.717, 1.165) is 12.0 Å². The zero-order chi connectivity index (χ0) is 10.4. The highest BCUT2D eigenvalue weighted by Gasteiger charge is 2.03. The van der Waals surface area contributed by atoms with E-state index in [0.29, 0.717) is 13.0 Å². The van der Waals surface area contributed by atoms with E-state index >= 15 is 0 Å². The van der Waals surface area contributed by atoms with Gasteiger partial charge in [0.25, 0.3) is 0 Å². The third-order valence-corrected chi connectivity index (χ3v) is 2.57. The lowest BCUT2D eigenvalue weighted by atomic mass is 10.3. The fourth-order valence-electron chi connectivity index (χ4n) is 0.956. The molecule has 0 fully saturated rings. The van der Waals surface area contributed by atoms with Crippen LogP contribution >= 0.6 is 11.3 Å². The molecule has 0 radical (unpaired) electrons. The summed E-state index contributed by atoms with van der Waals surface area (Å²) >= 11 is 1.66. The van der Waals surface area contributed by atoms with Crippen molar-refractivity contribution in [2.45, 2.75) is 19.8 Å². The zero-order valence-electron chi connectivity index (χ0n) is 8.29. The van der Waals surface area contributed by atoms with Gasteiger partial charge in [0.2, 0.25) is 0 Å². The van der Waals surface area contributed by atoms with Gasteiger partial charge >= 0.3 is 5.97 Å². The molecule has 1 aromatic rings. The molecule has 0 saturated carbocycles. The van der Waals surface area contributed by atoms with Gasteiger partial charge in [0, 0.05) is 4.88 Å². The number of hydrogen-bond acceptors (Lipinski definition) is 3. The summed E-state index contributed by atoms with van der Waals surface area (Å²) in [5, 5.41) is 2.01. The van der Waals surface area contributed by atoms with E-state index in [1.165, 1.54) is 4.88 Å². The molecule has 0 amide bonds. The highest BCUT2D eigenvalue weighted by atomic mass is 32.1. The van der Waals surface area contributed by atoms with Crippen molar-refractivity contribution in [3.8, 4) is 0 Å². The summed E-state index contributed by atoms with van der Waals surface area (Å²) in [5.41, 5.74) is 0.870.